The Labute approximate surface area is 320 Å². The van der Waals surface area contributed by atoms with Crippen molar-refractivity contribution in [1.82, 2.24) is 20.5 Å². The number of quaternary nitrogens is 1. The van der Waals surface area contributed by atoms with Gasteiger partial charge in [0, 0.05) is 53.5 Å². The molecule has 8 N–H and O–H groups in total. The minimum absolute atomic E-state index is 0.0163. The van der Waals surface area contributed by atoms with Crippen LogP contribution in [0.4, 0.5) is 9.52 Å². The van der Waals surface area contributed by atoms with Crippen LogP contribution >= 0.6 is 23.1 Å². The van der Waals surface area contributed by atoms with Gasteiger partial charge in [-0.25, -0.2) is 19.0 Å². The summed E-state index contributed by atoms with van der Waals surface area (Å²) in [5, 5.41) is 48.4. The van der Waals surface area contributed by atoms with E-state index in [4.69, 9.17) is 10.6 Å². The van der Waals surface area contributed by atoms with Crippen molar-refractivity contribution in [3.8, 4) is 11.5 Å². The summed E-state index contributed by atoms with van der Waals surface area (Å²) in [7, 11) is 2.00. The number of phenols is 2. The van der Waals surface area contributed by atoms with Crippen LogP contribution in [0.5, 0.6) is 11.5 Å². The number of nitrogens with two attached hydrogens (primary N) is 1. The third-order valence-corrected chi connectivity index (χ3v) is 12.9. The first-order valence-corrected chi connectivity index (χ1v) is 18.9. The molecular weight excluding hydrogens is 766 g/mol. The molecule has 0 aliphatic carbocycles. The highest BCUT2D eigenvalue weighted by atomic mass is 32.2. The van der Waals surface area contributed by atoms with E-state index in [0.717, 1.165) is 35.1 Å². The van der Waals surface area contributed by atoms with Crippen LogP contribution in [-0.4, -0.2) is 130 Å². The number of carbonyl (C=O) groups is 6. The number of nitrogens with one attached hydrogen (secondary N) is 2. The first-order valence-electron chi connectivity index (χ1n) is 17.1. The normalized spacial score (nSPS) is 27.5. The second kappa shape index (κ2) is 14.4. The number of amides is 3. The molecule has 5 heterocycles. The fourth-order valence-electron chi connectivity index (χ4n) is 7.65. The molecule has 1 aromatic carbocycles. The number of likely N-dealkylation sites (N-methyl/N-ethyl adjacent to an activating group) is 1. The van der Waals surface area contributed by atoms with Gasteiger partial charge in [0.2, 0.25) is 11.4 Å². The van der Waals surface area contributed by atoms with Crippen molar-refractivity contribution in [3.05, 3.63) is 45.9 Å². The number of nitrogens with zero attached hydrogens (tertiary/aromatic N) is 4. The number of halogens is 1. The van der Waals surface area contributed by atoms with Gasteiger partial charge >= 0.3 is 11.9 Å². The number of Topliss-reactive ketones (excluding diaryl/α,β-unsaturated/α-hetero) is 1. The minimum Gasteiger partial charge on any atom is -0.504 e. The molecule has 1 aromatic heterocycles. The number of aliphatic carboxylic acids is 2. The Hall–Kier alpha value is -5.28. The Balaban J connectivity index is 1.17. The molecule has 4 aliphatic heterocycles. The van der Waals surface area contributed by atoms with E-state index in [1.807, 2.05) is 14.0 Å². The quantitative estimate of drug-likeness (QED) is 0.0302. The number of rotatable bonds is 12. The number of β-lactam (4-membered cyclic amide) rings is 1. The van der Waals surface area contributed by atoms with E-state index in [1.54, 1.807) is 0 Å². The molecular formula is C34H39FN7O11S2+. The zero-order valence-corrected chi connectivity index (χ0v) is 31.6. The van der Waals surface area contributed by atoms with E-state index >= 15 is 0 Å². The van der Waals surface area contributed by atoms with Gasteiger partial charge in [0.1, 0.15) is 29.4 Å². The summed E-state index contributed by atoms with van der Waals surface area (Å²) in [5.74, 6) is -9.48. The number of hydrogen-bond donors (Lipinski definition) is 7. The topological polar surface area (TPSA) is 271 Å². The van der Waals surface area contributed by atoms with Gasteiger partial charge < -0.3 is 46.1 Å². The van der Waals surface area contributed by atoms with Crippen LogP contribution in [0.2, 0.25) is 0 Å². The van der Waals surface area contributed by atoms with Crippen LogP contribution in [0.25, 0.3) is 0 Å². The molecule has 0 saturated carbocycles. The van der Waals surface area contributed by atoms with Crippen molar-refractivity contribution in [2.24, 2.45) is 5.16 Å². The maximum absolute atomic E-state index is 13.9. The molecule has 4 aliphatic rings. The minimum atomic E-state index is -1.81. The number of piperidine rings is 1. The number of thioether (sulfide) groups is 1. The van der Waals surface area contributed by atoms with Gasteiger partial charge in [0.25, 0.3) is 17.7 Å². The van der Waals surface area contributed by atoms with Gasteiger partial charge in [0.15, 0.2) is 28.2 Å². The summed E-state index contributed by atoms with van der Waals surface area (Å²) < 4.78 is 14.4. The number of nitrogen functional groups attached to an aromatic ring is 1. The molecule has 0 unspecified atom stereocenters. The smallest absolute Gasteiger partial charge is 0.352 e. The van der Waals surface area contributed by atoms with E-state index in [0.29, 0.717) is 29.0 Å². The Morgan fingerprint density at radius 1 is 1.11 bits per heavy atom. The zero-order chi connectivity index (χ0) is 40.3. The average molecular weight is 805 g/mol. The van der Waals surface area contributed by atoms with Crippen molar-refractivity contribution in [3.63, 3.8) is 0 Å². The van der Waals surface area contributed by atoms with Gasteiger partial charge in [-0.15, -0.1) is 23.1 Å². The highest BCUT2D eigenvalue weighted by molar-refractivity contribution is 8.00. The summed E-state index contributed by atoms with van der Waals surface area (Å²) >= 11 is 2.29. The van der Waals surface area contributed by atoms with Crippen molar-refractivity contribution in [1.29, 1.82) is 0 Å². The number of thiazole rings is 1. The summed E-state index contributed by atoms with van der Waals surface area (Å²) in [6, 6.07) is -0.183. The molecule has 6 rings (SSSR count). The lowest BCUT2D eigenvalue weighted by molar-refractivity contribution is -0.944. The molecule has 3 amide bonds. The maximum Gasteiger partial charge on any atom is 0.352 e. The Morgan fingerprint density at radius 2 is 1.76 bits per heavy atom. The second-order valence-corrected chi connectivity index (χ2v) is 17.0. The number of carbonyl (C=O) groups excluding carboxylic acids is 4. The Morgan fingerprint density at radius 3 is 2.33 bits per heavy atom. The van der Waals surface area contributed by atoms with Gasteiger partial charge in [-0.05, 0) is 32.9 Å². The van der Waals surface area contributed by atoms with Gasteiger partial charge in [-0.3, -0.25) is 24.1 Å². The summed E-state index contributed by atoms with van der Waals surface area (Å²) in [5.41, 5.74) is 3.41. The monoisotopic (exact) mass is 804 g/mol. The number of benzene rings is 1. The molecule has 294 valence electrons. The van der Waals surface area contributed by atoms with Crippen molar-refractivity contribution in [2.45, 2.75) is 86.8 Å². The van der Waals surface area contributed by atoms with Crippen LogP contribution in [0.3, 0.4) is 0 Å². The molecule has 2 bridgehead atoms. The number of oxime groups is 1. The van der Waals surface area contributed by atoms with E-state index in [2.05, 4.69) is 20.8 Å². The fourth-order valence-corrected chi connectivity index (χ4v) is 9.64. The number of phenolic OH excluding ortho intramolecular Hbond substituents is 2. The molecule has 0 spiro atoms. The molecule has 21 heteroatoms. The SMILES string of the molecule is C[C@@H]1S[C@@H]2[C@H](NC(=O)/C(=N\OC(C)(C)C(=O)O)c3csc(N)n3)C(=O)N2C(C(=O)O)=C1C[N@+]1(C)[C@@H]2CC[C@H]1C[C@@H](NC(=O)C(=O)c1cc(O)c(O)c(F)c1)C2. The number of hydrogen-bond acceptors (Lipinski definition) is 14. The Bertz CT molecular complexity index is 2030. The van der Waals surface area contributed by atoms with Gasteiger partial charge in [-0.1, -0.05) is 5.16 Å². The molecule has 0 radical (unpaired) electrons. The van der Waals surface area contributed by atoms with Crippen molar-refractivity contribution in [2.75, 3.05) is 19.3 Å². The standard InChI is InChI=1S/C34H38FN7O11S2/c1-13-18(11-42(4)16-5-6-17(42)10-15(9-16)37-28(47)25(44)14-7-19(35)26(45)21(43)8-14)24(31(49)50)41-29(48)23(30(41)55-13)39-27(46)22(20-12-54-33(36)38-20)40-53-34(2,3)32(51)52/h7-8,12-13,15-17,23,30H,5-6,9-11H2,1-4H3,(H7-,36,37,38,39,40,43,44,45,46,47,49,50,51,52)/p+1/t13-,15-,16+,17-,23+,30+,42+/m0/s1. The predicted octanol–water partition coefficient (Wildman–Crippen LogP) is 1.13. The number of aromatic hydroxyl groups is 2. The molecule has 2 aromatic rings. The number of carboxylic acids is 2. The van der Waals surface area contributed by atoms with Gasteiger partial charge in [0.05, 0.1) is 19.1 Å². The highest BCUT2D eigenvalue weighted by Gasteiger charge is 2.58. The molecule has 3 saturated heterocycles. The van der Waals surface area contributed by atoms with Crippen LogP contribution in [0.15, 0.2) is 33.9 Å². The Kier molecular flexibility index (Phi) is 10.3. The van der Waals surface area contributed by atoms with E-state index in [1.165, 1.54) is 31.0 Å². The number of ketones is 1. The highest BCUT2D eigenvalue weighted by Crippen LogP contribution is 2.48. The van der Waals surface area contributed by atoms with Crippen LogP contribution in [0.1, 0.15) is 62.5 Å². The summed E-state index contributed by atoms with van der Waals surface area (Å²) in [4.78, 5) is 87.6. The maximum atomic E-state index is 13.9. The number of carboxylic acid groups (broad SMARTS) is 2. The second-order valence-electron chi connectivity index (χ2n) is 14.6. The van der Waals surface area contributed by atoms with Crippen LogP contribution in [0, 0.1) is 5.82 Å². The van der Waals surface area contributed by atoms with Crippen LogP contribution in [-0.2, 0) is 28.8 Å². The predicted molar refractivity (Wildman–Crippen MR) is 193 cm³/mol. The largest absolute Gasteiger partial charge is 0.504 e. The van der Waals surface area contributed by atoms with Gasteiger partial charge in [-0.2, -0.15) is 0 Å². The van der Waals surface area contributed by atoms with Crippen molar-refractivity contribution >= 4 is 69.4 Å². The number of anilines is 1. The number of aromatic nitrogens is 1. The first kappa shape index (κ1) is 39.4. The molecule has 3 fully saturated rings. The van der Waals surface area contributed by atoms with E-state index < -0.39 is 92.3 Å². The molecule has 18 nitrogen and oxygen atoms in total. The fraction of sp³-hybridized carbons (Fsp3) is 0.471. The lowest BCUT2D eigenvalue weighted by Gasteiger charge is -2.53. The average Bonchev–Trinajstić information content (AvgIpc) is 3.58. The number of fused-ring (bicyclic) bond motifs is 3. The lowest BCUT2D eigenvalue weighted by Crippen LogP contribution is -2.72. The zero-order valence-electron chi connectivity index (χ0n) is 29.9. The third-order valence-electron chi connectivity index (χ3n) is 10.7. The van der Waals surface area contributed by atoms with Crippen molar-refractivity contribution < 1.29 is 62.9 Å². The van der Waals surface area contributed by atoms with Crippen LogP contribution < -0.4 is 16.4 Å². The van der Waals surface area contributed by atoms with E-state index in [-0.39, 0.29) is 35.2 Å². The summed E-state index contributed by atoms with van der Waals surface area (Å²) in [6.45, 7) is 4.56. The first-order chi connectivity index (χ1) is 25.7. The summed E-state index contributed by atoms with van der Waals surface area (Å²) in [6.07, 6.45) is 2.44. The molecule has 55 heavy (non-hydrogen) atoms. The van der Waals surface area contributed by atoms with E-state index in [9.17, 15) is 53.6 Å². The molecule has 7 atom stereocenters. The lowest BCUT2D eigenvalue weighted by atomic mass is 9.92. The third kappa shape index (κ3) is 7.18.